The van der Waals surface area contributed by atoms with Gasteiger partial charge in [-0.25, -0.2) is 4.79 Å². The molecule has 6 N–H and O–H groups in total. The van der Waals surface area contributed by atoms with Crippen molar-refractivity contribution in [3.63, 3.8) is 0 Å². The van der Waals surface area contributed by atoms with Crippen LogP contribution >= 0.6 is 0 Å². The van der Waals surface area contributed by atoms with Crippen molar-refractivity contribution in [3.8, 4) is 0 Å². The van der Waals surface area contributed by atoms with Crippen molar-refractivity contribution in [2.24, 2.45) is 0 Å². The van der Waals surface area contributed by atoms with E-state index in [-0.39, 0.29) is 11.3 Å². The Morgan fingerprint density at radius 1 is 1.20 bits per heavy atom. The van der Waals surface area contributed by atoms with E-state index in [4.69, 9.17) is 26.5 Å². The van der Waals surface area contributed by atoms with Crippen molar-refractivity contribution in [2.45, 2.75) is 6.92 Å². The van der Waals surface area contributed by atoms with Crippen LogP contribution in [0.5, 0.6) is 0 Å². The molecular weight excluding hydrogens is 200 g/mol. The molecule has 1 rings (SSSR count). The molecule has 0 atom stereocenters. The fraction of sp³-hybridized carbons (Fsp3) is 0.111. The number of aliphatic carboxylic acids is 1. The predicted octanol–water partition coefficient (Wildman–Crippen LogP) is 0.640. The first-order chi connectivity index (χ1) is 6.86. The van der Waals surface area contributed by atoms with Gasteiger partial charge in [0, 0.05) is 6.92 Å². The largest absolute Gasteiger partial charge is 0.481 e. The highest BCUT2D eigenvalue weighted by molar-refractivity contribution is 5.96. The third-order valence-corrected chi connectivity index (χ3v) is 1.37. The topological polar surface area (TPSA) is 127 Å². The SMILES string of the molecule is CC(=O)O.Nc1cccc(C(=O)O)c1N. The van der Waals surface area contributed by atoms with Gasteiger partial charge in [0.15, 0.2) is 0 Å². The fourth-order valence-electron chi connectivity index (χ4n) is 0.770. The molecule has 0 unspecified atom stereocenters. The number of benzene rings is 1. The molecular formula is C9H12N2O4. The van der Waals surface area contributed by atoms with Gasteiger partial charge in [-0.3, -0.25) is 4.79 Å². The zero-order chi connectivity index (χ0) is 12.0. The number of anilines is 2. The summed E-state index contributed by atoms with van der Waals surface area (Å²) in [5.41, 5.74) is 11.2. The maximum Gasteiger partial charge on any atom is 0.337 e. The number of carboxylic acids is 2. The lowest BCUT2D eigenvalue weighted by Gasteiger charge is -2.01. The highest BCUT2D eigenvalue weighted by Gasteiger charge is 2.07. The Kier molecular flexibility index (Phi) is 4.66. The van der Waals surface area contributed by atoms with Crippen molar-refractivity contribution in [2.75, 3.05) is 11.5 Å². The first kappa shape index (κ1) is 12.8. The van der Waals surface area contributed by atoms with Crippen LogP contribution in [0.3, 0.4) is 0 Å². The zero-order valence-corrected chi connectivity index (χ0v) is 8.10. The maximum absolute atomic E-state index is 10.4. The Morgan fingerprint density at radius 3 is 2.00 bits per heavy atom. The quantitative estimate of drug-likeness (QED) is 0.506. The molecule has 15 heavy (non-hydrogen) atoms. The Hall–Kier alpha value is -2.24. The van der Waals surface area contributed by atoms with Crippen LogP contribution in [0, 0.1) is 0 Å². The first-order valence-electron chi connectivity index (χ1n) is 3.93. The monoisotopic (exact) mass is 212 g/mol. The van der Waals surface area contributed by atoms with E-state index in [1.165, 1.54) is 6.07 Å². The number of nitrogen functional groups attached to an aromatic ring is 2. The third kappa shape index (κ3) is 4.51. The van der Waals surface area contributed by atoms with Crippen molar-refractivity contribution >= 4 is 23.3 Å². The van der Waals surface area contributed by atoms with Gasteiger partial charge in [-0.2, -0.15) is 0 Å². The summed E-state index contributed by atoms with van der Waals surface area (Å²) in [6, 6.07) is 4.52. The molecule has 82 valence electrons. The number of hydrogen-bond donors (Lipinski definition) is 4. The normalized spacial score (nSPS) is 8.60. The summed E-state index contributed by atoms with van der Waals surface area (Å²) in [5, 5.41) is 16.0. The molecule has 1 aromatic carbocycles. The van der Waals surface area contributed by atoms with Gasteiger partial charge in [0.1, 0.15) is 0 Å². The highest BCUT2D eigenvalue weighted by atomic mass is 16.4. The van der Waals surface area contributed by atoms with E-state index in [1.54, 1.807) is 12.1 Å². The van der Waals surface area contributed by atoms with E-state index < -0.39 is 11.9 Å². The van der Waals surface area contributed by atoms with Gasteiger partial charge in [-0.15, -0.1) is 0 Å². The lowest BCUT2D eigenvalue weighted by molar-refractivity contribution is -0.134. The summed E-state index contributed by atoms with van der Waals surface area (Å²) < 4.78 is 0. The lowest BCUT2D eigenvalue weighted by Crippen LogP contribution is -2.04. The Balaban J connectivity index is 0.000000423. The Labute approximate surface area is 86.1 Å². The molecule has 0 saturated heterocycles. The zero-order valence-electron chi connectivity index (χ0n) is 8.10. The molecule has 0 radical (unpaired) electrons. The Bertz CT molecular complexity index is 372. The van der Waals surface area contributed by atoms with Crippen LogP contribution in [0.1, 0.15) is 17.3 Å². The van der Waals surface area contributed by atoms with Crippen LogP contribution in [0.15, 0.2) is 18.2 Å². The summed E-state index contributed by atoms with van der Waals surface area (Å²) in [5.74, 6) is -1.89. The summed E-state index contributed by atoms with van der Waals surface area (Å²) in [7, 11) is 0. The summed E-state index contributed by atoms with van der Waals surface area (Å²) in [6.07, 6.45) is 0. The van der Waals surface area contributed by atoms with Crippen LogP contribution in [-0.2, 0) is 4.79 Å². The van der Waals surface area contributed by atoms with Gasteiger partial charge in [-0.1, -0.05) is 6.07 Å². The fourth-order valence-corrected chi connectivity index (χ4v) is 0.770. The average Bonchev–Trinajstić information content (AvgIpc) is 2.08. The number of carbonyl (C=O) groups is 2. The van der Waals surface area contributed by atoms with Crippen molar-refractivity contribution in [1.82, 2.24) is 0 Å². The van der Waals surface area contributed by atoms with Gasteiger partial charge >= 0.3 is 5.97 Å². The van der Waals surface area contributed by atoms with Gasteiger partial charge in [-0.05, 0) is 12.1 Å². The second-order valence-electron chi connectivity index (χ2n) is 2.63. The minimum Gasteiger partial charge on any atom is -0.481 e. The minimum atomic E-state index is -1.06. The molecule has 0 aliphatic rings. The van der Waals surface area contributed by atoms with Crippen molar-refractivity contribution in [3.05, 3.63) is 23.8 Å². The van der Waals surface area contributed by atoms with E-state index in [0.717, 1.165) is 6.92 Å². The van der Waals surface area contributed by atoms with E-state index in [2.05, 4.69) is 0 Å². The van der Waals surface area contributed by atoms with Crippen LogP contribution in [0.4, 0.5) is 11.4 Å². The summed E-state index contributed by atoms with van der Waals surface area (Å²) in [6.45, 7) is 1.08. The smallest absolute Gasteiger partial charge is 0.337 e. The maximum atomic E-state index is 10.4. The molecule has 6 heteroatoms. The molecule has 0 spiro atoms. The number of hydrogen-bond acceptors (Lipinski definition) is 4. The molecule has 0 bridgehead atoms. The molecule has 0 heterocycles. The second kappa shape index (κ2) is 5.48. The summed E-state index contributed by atoms with van der Waals surface area (Å²) >= 11 is 0. The van der Waals surface area contributed by atoms with Crippen molar-refractivity contribution in [1.29, 1.82) is 0 Å². The molecule has 1 aromatic rings. The first-order valence-corrected chi connectivity index (χ1v) is 3.93. The molecule has 0 amide bonds. The van der Waals surface area contributed by atoms with Crippen LogP contribution in [0.25, 0.3) is 0 Å². The van der Waals surface area contributed by atoms with E-state index in [9.17, 15) is 4.79 Å². The Morgan fingerprint density at radius 2 is 1.67 bits per heavy atom. The number of rotatable bonds is 1. The molecule has 0 aliphatic heterocycles. The number of aromatic carboxylic acids is 1. The van der Waals surface area contributed by atoms with Gasteiger partial charge in [0.2, 0.25) is 0 Å². The van der Waals surface area contributed by atoms with Crippen LogP contribution < -0.4 is 11.5 Å². The van der Waals surface area contributed by atoms with Crippen LogP contribution in [-0.4, -0.2) is 22.2 Å². The number of para-hydroxylation sites is 1. The molecule has 6 nitrogen and oxygen atoms in total. The van der Waals surface area contributed by atoms with E-state index >= 15 is 0 Å². The van der Waals surface area contributed by atoms with Gasteiger partial charge in [0.25, 0.3) is 5.97 Å². The van der Waals surface area contributed by atoms with Gasteiger partial charge < -0.3 is 21.7 Å². The highest BCUT2D eigenvalue weighted by Crippen LogP contribution is 2.18. The van der Waals surface area contributed by atoms with Crippen LogP contribution in [0.2, 0.25) is 0 Å². The minimum absolute atomic E-state index is 0.0463. The molecule has 0 aromatic heterocycles. The number of carboxylic acid groups (broad SMARTS) is 2. The third-order valence-electron chi connectivity index (χ3n) is 1.37. The van der Waals surface area contributed by atoms with E-state index in [1.807, 2.05) is 0 Å². The molecule has 0 fully saturated rings. The lowest BCUT2D eigenvalue weighted by atomic mass is 10.1. The number of nitrogens with two attached hydrogens (primary N) is 2. The van der Waals surface area contributed by atoms with Crippen molar-refractivity contribution < 1.29 is 19.8 Å². The molecule has 0 saturated carbocycles. The van der Waals surface area contributed by atoms with E-state index in [0.29, 0.717) is 5.69 Å². The second-order valence-corrected chi connectivity index (χ2v) is 2.63. The molecule has 0 aliphatic carbocycles. The van der Waals surface area contributed by atoms with Gasteiger partial charge in [0.05, 0.1) is 16.9 Å². The predicted molar refractivity (Wildman–Crippen MR) is 55.5 cm³/mol. The summed E-state index contributed by atoms with van der Waals surface area (Å²) in [4.78, 5) is 19.4. The average molecular weight is 212 g/mol. The standard InChI is InChI=1S/C7H8N2O2.C2H4O2/c8-5-3-1-2-4(6(5)9)7(10)11;1-2(3)4/h1-3H,8-9H2,(H,10,11);1H3,(H,3,4).